The van der Waals surface area contributed by atoms with E-state index >= 15 is 0 Å². The highest BCUT2D eigenvalue weighted by atomic mass is 19.4. The maximum atomic E-state index is 12.8. The number of amides is 2. The molecular formula is C18H18F4N2O. The zero-order valence-electron chi connectivity index (χ0n) is 13.6. The van der Waals surface area contributed by atoms with Crippen LogP contribution in [0.3, 0.4) is 0 Å². The Morgan fingerprint density at radius 3 is 2.12 bits per heavy atom. The van der Waals surface area contributed by atoms with Crippen molar-refractivity contribution in [3.8, 4) is 0 Å². The molecule has 0 bridgehead atoms. The standard InChI is InChI=1S/C18H18F4N2O/c1-24(12-14-2-6-15(7-3-14)18(20,21)22)17(25)23-11-10-13-4-8-16(19)9-5-13/h2-9H,10-12H2,1H3,(H,23,25). The van der Waals surface area contributed by atoms with Crippen LogP contribution in [0.15, 0.2) is 48.5 Å². The van der Waals surface area contributed by atoms with E-state index in [2.05, 4.69) is 5.32 Å². The second-order valence-electron chi connectivity index (χ2n) is 5.66. The first kappa shape index (κ1) is 18.8. The van der Waals surface area contributed by atoms with Gasteiger partial charge in [0.1, 0.15) is 5.82 Å². The van der Waals surface area contributed by atoms with Crippen LogP contribution in [-0.2, 0) is 19.1 Å². The zero-order valence-corrected chi connectivity index (χ0v) is 13.6. The molecule has 1 N–H and O–H groups in total. The van der Waals surface area contributed by atoms with Crippen LogP contribution in [0.1, 0.15) is 16.7 Å². The number of urea groups is 1. The first-order valence-corrected chi connectivity index (χ1v) is 7.65. The minimum atomic E-state index is -4.37. The fourth-order valence-electron chi connectivity index (χ4n) is 2.24. The minimum Gasteiger partial charge on any atom is -0.338 e. The monoisotopic (exact) mass is 354 g/mol. The van der Waals surface area contributed by atoms with Crippen LogP contribution in [0.4, 0.5) is 22.4 Å². The smallest absolute Gasteiger partial charge is 0.338 e. The third kappa shape index (κ3) is 5.77. The summed E-state index contributed by atoms with van der Waals surface area (Å²) < 4.78 is 50.4. The van der Waals surface area contributed by atoms with Crippen LogP contribution in [0.5, 0.6) is 0 Å². The number of benzene rings is 2. The molecule has 0 aromatic heterocycles. The van der Waals surface area contributed by atoms with Gasteiger partial charge < -0.3 is 10.2 Å². The number of rotatable bonds is 5. The highest BCUT2D eigenvalue weighted by Crippen LogP contribution is 2.29. The van der Waals surface area contributed by atoms with E-state index in [1.165, 1.54) is 29.2 Å². The molecule has 134 valence electrons. The lowest BCUT2D eigenvalue weighted by Gasteiger charge is -2.18. The Balaban J connectivity index is 1.80. The number of nitrogens with one attached hydrogen (secondary N) is 1. The van der Waals surface area contributed by atoms with Gasteiger partial charge in [-0.2, -0.15) is 13.2 Å². The highest BCUT2D eigenvalue weighted by Gasteiger charge is 2.29. The van der Waals surface area contributed by atoms with Gasteiger partial charge >= 0.3 is 12.2 Å². The molecule has 0 heterocycles. The molecule has 0 saturated carbocycles. The largest absolute Gasteiger partial charge is 0.416 e. The number of carbonyl (C=O) groups is 1. The second-order valence-corrected chi connectivity index (χ2v) is 5.66. The first-order chi connectivity index (χ1) is 11.8. The average Bonchev–Trinajstić information content (AvgIpc) is 2.56. The van der Waals surface area contributed by atoms with Crippen molar-refractivity contribution in [2.24, 2.45) is 0 Å². The summed E-state index contributed by atoms with van der Waals surface area (Å²) in [5.74, 6) is -0.316. The van der Waals surface area contributed by atoms with Crippen molar-refractivity contribution in [2.75, 3.05) is 13.6 Å². The lowest BCUT2D eigenvalue weighted by molar-refractivity contribution is -0.137. The number of carbonyl (C=O) groups excluding carboxylic acids is 1. The molecule has 0 aliphatic rings. The zero-order chi connectivity index (χ0) is 18.4. The number of nitrogens with zero attached hydrogens (tertiary/aromatic N) is 1. The number of hydrogen-bond donors (Lipinski definition) is 1. The molecule has 0 unspecified atom stereocenters. The molecule has 0 fully saturated rings. The van der Waals surface area contributed by atoms with Gasteiger partial charge in [0.05, 0.1) is 5.56 Å². The maximum Gasteiger partial charge on any atom is 0.416 e. The maximum absolute atomic E-state index is 12.8. The van der Waals surface area contributed by atoms with Crippen molar-refractivity contribution in [1.82, 2.24) is 10.2 Å². The molecule has 2 aromatic carbocycles. The lowest BCUT2D eigenvalue weighted by Crippen LogP contribution is -2.37. The minimum absolute atomic E-state index is 0.195. The molecule has 25 heavy (non-hydrogen) atoms. The summed E-state index contributed by atoms with van der Waals surface area (Å²) in [6.07, 6.45) is -3.82. The summed E-state index contributed by atoms with van der Waals surface area (Å²) >= 11 is 0. The van der Waals surface area contributed by atoms with Crippen molar-refractivity contribution in [2.45, 2.75) is 19.1 Å². The molecule has 7 heteroatoms. The molecule has 0 aliphatic carbocycles. The fraction of sp³-hybridized carbons (Fsp3) is 0.278. The Hall–Kier alpha value is -2.57. The van der Waals surface area contributed by atoms with Crippen molar-refractivity contribution in [1.29, 1.82) is 0 Å². The summed E-state index contributed by atoms with van der Waals surface area (Å²) in [6.45, 7) is 0.572. The van der Waals surface area contributed by atoms with E-state index < -0.39 is 11.7 Å². The second kappa shape index (κ2) is 8.00. The van der Waals surface area contributed by atoms with Crippen molar-refractivity contribution in [3.63, 3.8) is 0 Å². The van der Waals surface area contributed by atoms with Gasteiger partial charge in [-0.25, -0.2) is 9.18 Å². The topological polar surface area (TPSA) is 32.3 Å². The molecule has 0 radical (unpaired) electrons. The van der Waals surface area contributed by atoms with Gasteiger partial charge in [-0.15, -0.1) is 0 Å². The summed E-state index contributed by atoms with van der Waals surface area (Å²) in [4.78, 5) is 13.4. The molecule has 2 amide bonds. The molecule has 3 nitrogen and oxygen atoms in total. The van der Waals surface area contributed by atoms with Gasteiger partial charge in [-0.05, 0) is 41.8 Å². The van der Waals surface area contributed by atoms with E-state index in [0.717, 1.165) is 17.7 Å². The normalized spacial score (nSPS) is 11.2. The van der Waals surface area contributed by atoms with Gasteiger partial charge in [-0.1, -0.05) is 24.3 Å². The van der Waals surface area contributed by atoms with Crippen LogP contribution in [0.2, 0.25) is 0 Å². The number of alkyl halides is 3. The third-order valence-electron chi connectivity index (χ3n) is 3.65. The van der Waals surface area contributed by atoms with Gasteiger partial charge in [0.15, 0.2) is 0 Å². The van der Waals surface area contributed by atoms with E-state index in [9.17, 15) is 22.4 Å². The van der Waals surface area contributed by atoms with Gasteiger partial charge in [-0.3, -0.25) is 0 Å². The van der Waals surface area contributed by atoms with E-state index in [0.29, 0.717) is 18.5 Å². The molecule has 2 rings (SSSR count). The molecule has 0 aliphatic heterocycles. The Morgan fingerprint density at radius 1 is 1.00 bits per heavy atom. The first-order valence-electron chi connectivity index (χ1n) is 7.65. The van der Waals surface area contributed by atoms with E-state index in [-0.39, 0.29) is 18.4 Å². The Morgan fingerprint density at radius 2 is 1.56 bits per heavy atom. The Kier molecular flexibility index (Phi) is 6.01. The third-order valence-corrected chi connectivity index (χ3v) is 3.65. The predicted octanol–water partition coefficient (Wildman–Crippen LogP) is 4.23. The molecule has 0 saturated heterocycles. The van der Waals surface area contributed by atoms with Crippen molar-refractivity contribution in [3.05, 3.63) is 71.0 Å². The Bertz CT molecular complexity index is 697. The summed E-state index contributed by atoms with van der Waals surface area (Å²) in [5.41, 5.74) is 0.777. The number of halogens is 4. The quantitative estimate of drug-likeness (QED) is 0.801. The summed E-state index contributed by atoms with van der Waals surface area (Å²) in [7, 11) is 1.56. The molecule has 0 atom stereocenters. The van der Waals surface area contributed by atoms with Crippen LogP contribution < -0.4 is 5.32 Å². The SMILES string of the molecule is CN(Cc1ccc(C(F)(F)F)cc1)C(=O)NCCc1ccc(F)cc1. The van der Waals surface area contributed by atoms with Crippen LogP contribution in [0, 0.1) is 5.82 Å². The van der Waals surface area contributed by atoms with E-state index in [1.807, 2.05) is 0 Å². The van der Waals surface area contributed by atoms with Crippen molar-refractivity contribution >= 4 is 6.03 Å². The van der Waals surface area contributed by atoms with Crippen LogP contribution in [0.25, 0.3) is 0 Å². The summed E-state index contributed by atoms with van der Waals surface area (Å²) in [6, 6.07) is 10.4. The lowest BCUT2D eigenvalue weighted by atomic mass is 10.1. The molecular weight excluding hydrogens is 336 g/mol. The van der Waals surface area contributed by atoms with Crippen LogP contribution >= 0.6 is 0 Å². The highest BCUT2D eigenvalue weighted by molar-refractivity contribution is 5.73. The van der Waals surface area contributed by atoms with Crippen molar-refractivity contribution < 1.29 is 22.4 Å². The van der Waals surface area contributed by atoms with E-state index in [4.69, 9.17) is 0 Å². The van der Waals surface area contributed by atoms with Gasteiger partial charge in [0.2, 0.25) is 0 Å². The number of hydrogen-bond acceptors (Lipinski definition) is 1. The van der Waals surface area contributed by atoms with Gasteiger partial charge in [0, 0.05) is 20.1 Å². The summed E-state index contributed by atoms with van der Waals surface area (Å²) in [5, 5.41) is 2.71. The Labute approximate surface area is 143 Å². The van der Waals surface area contributed by atoms with E-state index in [1.54, 1.807) is 19.2 Å². The van der Waals surface area contributed by atoms with Crippen LogP contribution in [-0.4, -0.2) is 24.5 Å². The molecule has 0 spiro atoms. The average molecular weight is 354 g/mol. The fourth-order valence-corrected chi connectivity index (χ4v) is 2.24. The predicted molar refractivity (Wildman–Crippen MR) is 86.4 cm³/mol. The molecule has 2 aromatic rings. The van der Waals surface area contributed by atoms with Gasteiger partial charge in [0.25, 0.3) is 0 Å².